The number of anilines is 3. The van der Waals surface area contributed by atoms with Crippen LogP contribution in [0.4, 0.5) is 17.1 Å². The van der Waals surface area contributed by atoms with Gasteiger partial charge in [-0.05, 0) is 30.3 Å². The highest BCUT2D eigenvalue weighted by Gasteiger charge is 2.13. The zero-order chi connectivity index (χ0) is 14.7. The Labute approximate surface area is 123 Å². The summed E-state index contributed by atoms with van der Waals surface area (Å²) in [4.78, 5) is 12.4. The van der Waals surface area contributed by atoms with Gasteiger partial charge < -0.3 is 20.7 Å². The Bertz CT molecular complexity index is 670. The van der Waals surface area contributed by atoms with Crippen molar-refractivity contribution in [2.75, 3.05) is 36.1 Å². The van der Waals surface area contributed by atoms with Crippen molar-refractivity contribution < 1.29 is 9.53 Å². The molecule has 0 unspecified atom stereocenters. The molecule has 5 heteroatoms. The van der Waals surface area contributed by atoms with E-state index in [0.29, 0.717) is 17.0 Å². The quantitative estimate of drug-likeness (QED) is 0.810. The van der Waals surface area contributed by atoms with Crippen molar-refractivity contribution in [3.05, 3.63) is 48.0 Å². The van der Waals surface area contributed by atoms with Crippen LogP contribution in [0, 0.1) is 0 Å². The first-order valence-corrected chi connectivity index (χ1v) is 6.84. The fourth-order valence-corrected chi connectivity index (χ4v) is 2.32. The molecule has 0 atom stereocenters. The number of para-hydroxylation sites is 2. The molecule has 3 rings (SSSR count). The second kappa shape index (κ2) is 5.75. The minimum Gasteiger partial charge on any atom is -0.495 e. The van der Waals surface area contributed by atoms with Gasteiger partial charge in [-0.15, -0.1) is 0 Å². The van der Waals surface area contributed by atoms with Crippen LogP contribution in [0.15, 0.2) is 42.5 Å². The maximum Gasteiger partial charge on any atom is 0.255 e. The summed E-state index contributed by atoms with van der Waals surface area (Å²) < 4.78 is 5.24. The van der Waals surface area contributed by atoms with Crippen LogP contribution in [0.1, 0.15) is 10.4 Å². The van der Waals surface area contributed by atoms with Crippen LogP contribution in [0.3, 0.4) is 0 Å². The Morgan fingerprint density at radius 2 is 1.86 bits per heavy atom. The summed E-state index contributed by atoms with van der Waals surface area (Å²) in [6, 6.07) is 12.9. The Kier molecular flexibility index (Phi) is 3.64. The first-order chi connectivity index (χ1) is 10.3. The SMILES string of the molecule is COc1ccccc1NC(=O)c1ccc2c(c1)NCCN2. The van der Waals surface area contributed by atoms with E-state index in [1.54, 1.807) is 7.11 Å². The number of nitrogens with one attached hydrogen (secondary N) is 3. The summed E-state index contributed by atoms with van der Waals surface area (Å²) in [6.45, 7) is 1.74. The van der Waals surface area contributed by atoms with Gasteiger partial charge >= 0.3 is 0 Å². The number of carbonyl (C=O) groups excluding carboxylic acids is 1. The molecule has 1 amide bonds. The standard InChI is InChI=1S/C16H17N3O2/c1-21-15-5-3-2-4-13(15)19-16(20)11-6-7-12-14(10-11)18-9-8-17-12/h2-7,10,17-18H,8-9H2,1H3,(H,19,20). The minimum atomic E-state index is -0.158. The van der Waals surface area contributed by atoms with Crippen LogP contribution in [0.25, 0.3) is 0 Å². The second-order valence-electron chi connectivity index (χ2n) is 4.77. The van der Waals surface area contributed by atoms with Crippen molar-refractivity contribution >= 4 is 23.0 Å². The Balaban J connectivity index is 1.82. The van der Waals surface area contributed by atoms with Gasteiger partial charge in [0.05, 0.1) is 24.2 Å². The van der Waals surface area contributed by atoms with E-state index in [2.05, 4.69) is 16.0 Å². The number of amides is 1. The Morgan fingerprint density at radius 3 is 2.67 bits per heavy atom. The summed E-state index contributed by atoms with van der Waals surface area (Å²) in [5.41, 5.74) is 3.24. The lowest BCUT2D eigenvalue weighted by Gasteiger charge is -2.20. The molecule has 21 heavy (non-hydrogen) atoms. The molecule has 1 aliphatic heterocycles. The largest absolute Gasteiger partial charge is 0.495 e. The molecule has 0 spiro atoms. The molecule has 2 aromatic carbocycles. The number of carbonyl (C=O) groups is 1. The van der Waals surface area contributed by atoms with Crippen LogP contribution >= 0.6 is 0 Å². The molecule has 0 bridgehead atoms. The summed E-state index contributed by atoms with van der Waals surface area (Å²) in [6.07, 6.45) is 0. The van der Waals surface area contributed by atoms with Gasteiger partial charge in [-0.1, -0.05) is 12.1 Å². The average Bonchev–Trinajstić information content (AvgIpc) is 2.55. The first kappa shape index (κ1) is 13.3. The van der Waals surface area contributed by atoms with Crippen molar-refractivity contribution in [2.24, 2.45) is 0 Å². The van der Waals surface area contributed by atoms with Crippen molar-refractivity contribution in [1.29, 1.82) is 0 Å². The number of fused-ring (bicyclic) bond motifs is 1. The number of benzene rings is 2. The van der Waals surface area contributed by atoms with Gasteiger partial charge in [-0.25, -0.2) is 0 Å². The molecular formula is C16H17N3O2. The zero-order valence-corrected chi connectivity index (χ0v) is 11.8. The number of ether oxygens (including phenoxy) is 1. The van der Waals surface area contributed by atoms with E-state index in [0.717, 1.165) is 24.5 Å². The third kappa shape index (κ3) is 2.76. The number of rotatable bonds is 3. The van der Waals surface area contributed by atoms with Gasteiger partial charge in [0.15, 0.2) is 0 Å². The third-order valence-electron chi connectivity index (χ3n) is 3.39. The fraction of sp³-hybridized carbons (Fsp3) is 0.188. The van der Waals surface area contributed by atoms with Crippen LogP contribution in [0.5, 0.6) is 5.75 Å². The third-order valence-corrected chi connectivity index (χ3v) is 3.39. The van der Waals surface area contributed by atoms with E-state index in [4.69, 9.17) is 4.74 Å². The number of hydrogen-bond donors (Lipinski definition) is 3. The molecule has 108 valence electrons. The lowest BCUT2D eigenvalue weighted by atomic mass is 10.1. The predicted octanol–water partition coefficient (Wildman–Crippen LogP) is 2.78. The van der Waals surface area contributed by atoms with E-state index < -0.39 is 0 Å². The molecule has 0 saturated carbocycles. The Hall–Kier alpha value is -2.69. The van der Waals surface area contributed by atoms with Gasteiger partial charge in [0, 0.05) is 18.7 Å². The van der Waals surface area contributed by atoms with Crippen molar-refractivity contribution in [1.82, 2.24) is 0 Å². The molecule has 0 saturated heterocycles. The van der Waals surface area contributed by atoms with Crippen molar-refractivity contribution in [3.63, 3.8) is 0 Å². The van der Waals surface area contributed by atoms with Crippen LogP contribution in [0.2, 0.25) is 0 Å². The summed E-state index contributed by atoms with van der Waals surface area (Å²) in [5, 5.41) is 9.43. The molecule has 1 aliphatic rings. The van der Waals surface area contributed by atoms with Crippen molar-refractivity contribution in [2.45, 2.75) is 0 Å². The predicted molar refractivity (Wildman–Crippen MR) is 84.4 cm³/mol. The maximum absolute atomic E-state index is 12.4. The molecule has 1 heterocycles. The summed E-state index contributed by atoms with van der Waals surface area (Å²) >= 11 is 0. The lowest BCUT2D eigenvalue weighted by molar-refractivity contribution is 0.102. The van der Waals surface area contributed by atoms with E-state index in [-0.39, 0.29) is 5.91 Å². The maximum atomic E-state index is 12.4. The monoisotopic (exact) mass is 283 g/mol. The first-order valence-electron chi connectivity index (χ1n) is 6.84. The fourth-order valence-electron chi connectivity index (χ4n) is 2.32. The van der Waals surface area contributed by atoms with Crippen LogP contribution in [-0.2, 0) is 0 Å². The smallest absolute Gasteiger partial charge is 0.255 e. The second-order valence-corrected chi connectivity index (χ2v) is 4.77. The van der Waals surface area contributed by atoms with Crippen molar-refractivity contribution in [3.8, 4) is 5.75 Å². The minimum absolute atomic E-state index is 0.158. The molecule has 0 aliphatic carbocycles. The highest BCUT2D eigenvalue weighted by Crippen LogP contribution is 2.27. The van der Waals surface area contributed by atoms with Gasteiger partial charge in [-0.2, -0.15) is 0 Å². The number of methoxy groups -OCH3 is 1. The van der Waals surface area contributed by atoms with E-state index in [1.807, 2.05) is 42.5 Å². The van der Waals surface area contributed by atoms with Gasteiger partial charge in [-0.3, -0.25) is 4.79 Å². The molecule has 0 fully saturated rings. The summed E-state index contributed by atoms with van der Waals surface area (Å²) in [7, 11) is 1.58. The van der Waals surface area contributed by atoms with Gasteiger partial charge in [0.25, 0.3) is 5.91 Å². The van der Waals surface area contributed by atoms with Gasteiger partial charge in [0.1, 0.15) is 5.75 Å². The highest BCUT2D eigenvalue weighted by molar-refractivity contribution is 6.06. The van der Waals surface area contributed by atoms with Crippen LogP contribution < -0.4 is 20.7 Å². The molecule has 0 aromatic heterocycles. The zero-order valence-electron chi connectivity index (χ0n) is 11.8. The molecule has 3 N–H and O–H groups in total. The number of hydrogen-bond acceptors (Lipinski definition) is 4. The lowest BCUT2D eigenvalue weighted by Crippen LogP contribution is -2.21. The molecular weight excluding hydrogens is 266 g/mol. The average molecular weight is 283 g/mol. The Morgan fingerprint density at radius 1 is 1.10 bits per heavy atom. The van der Waals surface area contributed by atoms with E-state index in [9.17, 15) is 4.79 Å². The molecule has 2 aromatic rings. The van der Waals surface area contributed by atoms with E-state index >= 15 is 0 Å². The van der Waals surface area contributed by atoms with E-state index in [1.165, 1.54) is 0 Å². The normalized spacial score (nSPS) is 12.6. The summed E-state index contributed by atoms with van der Waals surface area (Å²) in [5.74, 6) is 0.485. The topological polar surface area (TPSA) is 62.4 Å². The molecule has 0 radical (unpaired) electrons. The van der Waals surface area contributed by atoms with Gasteiger partial charge in [0.2, 0.25) is 0 Å². The van der Waals surface area contributed by atoms with Crippen LogP contribution in [-0.4, -0.2) is 26.1 Å². The highest BCUT2D eigenvalue weighted by atomic mass is 16.5. The molecule has 5 nitrogen and oxygen atoms in total.